The van der Waals surface area contributed by atoms with Crippen LogP contribution in [-0.2, 0) is 0 Å². The predicted molar refractivity (Wildman–Crippen MR) is 73.8 cm³/mol. The standard InChI is InChI=1S/C11H20N6O2/c1-6-8(17(18)19)9(15-10(13-6)16-12)14-7(2)11(3,4)5/h7H,12H2,1-5H3,(H2,13,14,15,16). The second kappa shape index (κ2) is 5.35. The van der Waals surface area contributed by atoms with Gasteiger partial charge in [0, 0.05) is 6.04 Å². The Hall–Kier alpha value is -1.96. The lowest BCUT2D eigenvalue weighted by Gasteiger charge is -2.28. The first-order chi connectivity index (χ1) is 8.66. The minimum absolute atomic E-state index is 0.00822. The SMILES string of the molecule is Cc1nc(NN)nc(NC(C)C(C)(C)C)c1[N+](=O)[O-]. The molecule has 106 valence electrons. The number of aryl methyl sites for hydroxylation is 1. The van der Waals surface area contributed by atoms with Crippen molar-refractivity contribution in [3.05, 3.63) is 15.8 Å². The van der Waals surface area contributed by atoms with E-state index in [2.05, 4.69) is 20.7 Å². The molecule has 0 aromatic carbocycles. The molecule has 1 aromatic rings. The zero-order valence-electron chi connectivity index (χ0n) is 11.8. The lowest BCUT2D eigenvalue weighted by molar-refractivity contribution is -0.385. The highest BCUT2D eigenvalue weighted by molar-refractivity contribution is 5.61. The fourth-order valence-electron chi connectivity index (χ4n) is 1.37. The van der Waals surface area contributed by atoms with Crippen molar-refractivity contribution < 1.29 is 4.92 Å². The molecule has 0 saturated heterocycles. The van der Waals surface area contributed by atoms with Gasteiger partial charge in [-0.15, -0.1) is 0 Å². The summed E-state index contributed by atoms with van der Waals surface area (Å²) in [5.74, 6) is 5.58. The minimum Gasteiger partial charge on any atom is -0.361 e. The van der Waals surface area contributed by atoms with E-state index in [1.807, 2.05) is 27.7 Å². The molecule has 1 rings (SSSR count). The summed E-state index contributed by atoms with van der Waals surface area (Å²) in [7, 11) is 0. The summed E-state index contributed by atoms with van der Waals surface area (Å²) in [6.07, 6.45) is 0. The number of hydrogen-bond acceptors (Lipinski definition) is 7. The second-order valence-corrected chi connectivity index (χ2v) is 5.46. The van der Waals surface area contributed by atoms with Crippen LogP contribution in [0.5, 0.6) is 0 Å². The molecule has 4 N–H and O–H groups in total. The third kappa shape index (κ3) is 3.50. The molecule has 0 aliphatic carbocycles. The Morgan fingerprint density at radius 3 is 2.37 bits per heavy atom. The van der Waals surface area contributed by atoms with Crippen LogP contribution in [0.4, 0.5) is 17.5 Å². The lowest BCUT2D eigenvalue weighted by atomic mass is 9.88. The van der Waals surface area contributed by atoms with Crippen LogP contribution in [0.15, 0.2) is 0 Å². The molecule has 0 aliphatic rings. The maximum Gasteiger partial charge on any atom is 0.332 e. The number of rotatable bonds is 4. The molecule has 8 heteroatoms. The highest BCUT2D eigenvalue weighted by Gasteiger charge is 2.27. The van der Waals surface area contributed by atoms with Gasteiger partial charge >= 0.3 is 5.69 Å². The Morgan fingerprint density at radius 1 is 1.37 bits per heavy atom. The summed E-state index contributed by atoms with van der Waals surface area (Å²) in [4.78, 5) is 18.6. The smallest absolute Gasteiger partial charge is 0.332 e. The molecule has 1 aromatic heterocycles. The van der Waals surface area contributed by atoms with Crippen LogP contribution < -0.4 is 16.6 Å². The summed E-state index contributed by atoms with van der Waals surface area (Å²) in [6.45, 7) is 9.59. The fraction of sp³-hybridized carbons (Fsp3) is 0.636. The maximum atomic E-state index is 11.1. The topological polar surface area (TPSA) is 119 Å². The number of aromatic nitrogens is 2. The Kier molecular flexibility index (Phi) is 4.25. The van der Waals surface area contributed by atoms with Crippen molar-refractivity contribution in [2.24, 2.45) is 11.3 Å². The van der Waals surface area contributed by atoms with Gasteiger partial charge in [-0.1, -0.05) is 20.8 Å². The third-order valence-corrected chi connectivity index (χ3v) is 3.02. The van der Waals surface area contributed by atoms with Crippen LogP contribution >= 0.6 is 0 Å². The first-order valence-corrected chi connectivity index (χ1v) is 5.93. The Balaban J connectivity index is 3.24. The molecule has 0 saturated carbocycles. The Bertz CT molecular complexity index is 483. The summed E-state index contributed by atoms with van der Waals surface area (Å²) in [6, 6.07) is -0.00822. The monoisotopic (exact) mass is 268 g/mol. The molecule has 1 atom stereocenters. The molecule has 0 aliphatic heterocycles. The van der Waals surface area contributed by atoms with Gasteiger partial charge in [-0.25, -0.2) is 10.8 Å². The molecule has 0 fully saturated rings. The van der Waals surface area contributed by atoms with Crippen LogP contribution in [0.1, 0.15) is 33.4 Å². The van der Waals surface area contributed by atoms with Crippen LogP contribution in [-0.4, -0.2) is 20.9 Å². The van der Waals surface area contributed by atoms with E-state index in [-0.39, 0.29) is 34.6 Å². The van der Waals surface area contributed by atoms with E-state index < -0.39 is 4.92 Å². The van der Waals surface area contributed by atoms with Crippen molar-refractivity contribution in [3.63, 3.8) is 0 Å². The van der Waals surface area contributed by atoms with E-state index >= 15 is 0 Å². The van der Waals surface area contributed by atoms with Crippen LogP contribution in [0.25, 0.3) is 0 Å². The molecule has 0 spiro atoms. The van der Waals surface area contributed by atoms with Gasteiger partial charge in [-0.05, 0) is 19.3 Å². The quantitative estimate of drug-likeness (QED) is 0.433. The summed E-state index contributed by atoms with van der Waals surface area (Å²) < 4.78 is 0. The molecular weight excluding hydrogens is 248 g/mol. The zero-order chi connectivity index (χ0) is 14.8. The van der Waals surface area contributed by atoms with Gasteiger partial charge in [0.2, 0.25) is 11.8 Å². The number of anilines is 2. The van der Waals surface area contributed by atoms with Gasteiger partial charge < -0.3 is 5.32 Å². The lowest BCUT2D eigenvalue weighted by Crippen LogP contribution is -2.31. The minimum atomic E-state index is -0.493. The molecule has 0 radical (unpaired) electrons. The normalized spacial score (nSPS) is 12.9. The van der Waals surface area contributed by atoms with E-state index in [1.165, 1.54) is 0 Å². The van der Waals surface area contributed by atoms with Gasteiger partial charge in [0.15, 0.2) is 0 Å². The highest BCUT2D eigenvalue weighted by atomic mass is 16.6. The Morgan fingerprint density at radius 2 is 1.95 bits per heavy atom. The fourth-order valence-corrected chi connectivity index (χ4v) is 1.37. The van der Waals surface area contributed by atoms with Gasteiger partial charge in [0.25, 0.3) is 0 Å². The number of nitrogens with one attached hydrogen (secondary N) is 2. The number of nitro groups is 1. The van der Waals surface area contributed by atoms with Crippen molar-refractivity contribution in [1.29, 1.82) is 0 Å². The average Bonchev–Trinajstić information content (AvgIpc) is 2.26. The number of hydrazine groups is 1. The van der Waals surface area contributed by atoms with E-state index in [0.717, 1.165) is 0 Å². The first-order valence-electron chi connectivity index (χ1n) is 5.93. The number of nitrogen functional groups attached to an aromatic ring is 1. The van der Waals surface area contributed by atoms with E-state index in [9.17, 15) is 10.1 Å². The molecule has 1 unspecified atom stereocenters. The number of nitrogens with zero attached hydrogens (tertiary/aromatic N) is 3. The van der Waals surface area contributed by atoms with Gasteiger partial charge in [-0.2, -0.15) is 4.98 Å². The molecule has 8 nitrogen and oxygen atoms in total. The van der Waals surface area contributed by atoms with E-state index in [1.54, 1.807) is 6.92 Å². The second-order valence-electron chi connectivity index (χ2n) is 5.46. The number of hydrogen-bond donors (Lipinski definition) is 3. The summed E-state index contributed by atoms with van der Waals surface area (Å²) in [5.41, 5.74) is 2.37. The molecule has 1 heterocycles. The van der Waals surface area contributed by atoms with Crippen LogP contribution in [0.3, 0.4) is 0 Å². The van der Waals surface area contributed by atoms with Gasteiger partial charge in [0.1, 0.15) is 5.69 Å². The predicted octanol–water partition coefficient (Wildman–Crippen LogP) is 1.83. The van der Waals surface area contributed by atoms with Crippen molar-refractivity contribution in [2.45, 2.75) is 40.7 Å². The van der Waals surface area contributed by atoms with Crippen molar-refractivity contribution >= 4 is 17.5 Å². The van der Waals surface area contributed by atoms with Crippen LogP contribution in [0, 0.1) is 22.5 Å². The summed E-state index contributed by atoms with van der Waals surface area (Å²) >= 11 is 0. The van der Waals surface area contributed by atoms with Crippen molar-refractivity contribution in [1.82, 2.24) is 9.97 Å². The molecule has 0 bridgehead atoms. The maximum absolute atomic E-state index is 11.1. The van der Waals surface area contributed by atoms with E-state index in [0.29, 0.717) is 0 Å². The van der Waals surface area contributed by atoms with Gasteiger partial charge in [-0.3, -0.25) is 15.5 Å². The Labute approximate surface area is 111 Å². The largest absolute Gasteiger partial charge is 0.361 e. The van der Waals surface area contributed by atoms with E-state index in [4.69, 9.17) is 5.84 Å². The average molecular weight is 268 g/mol. The molecule has 0 amide bonds. The highest BCUT2D eigenvalue weighted by Crippen LogP contribution is 2.30. The first kappa shape index (κ1) is 15.1. The number of nitrogens with two attached hydrogens (primary N) is 1. The molecule has 19 heavy (non-hydrogen) atoms. The van der Waals surface area contributed by atoms with Crippen LogP contribution in [0.2, 0.25) is 0 Å². The van der Waals surface area contributed by atoms with Gasteiger partial charge in [0.05, 0.1) is 4.92 Å². The summed E-state index contributed by atoms with van der Waals surface area (Å²) in [5, 5.41) is 14.2. The van der Waals surface area contributed by atoms with Crippen molar-refractivity contribution in [3.8, 4) is 0 Å². The molecular formula is C11H20N6O2. The zero-order valence-corrected chi connectivity index (χ0v) is 11.8. The third-order valence-electron chi connectivity index (χ3n) is 3.02. The van der Waals surface area contributed by atoms with Crippen molar-refractivity contribution in [2.75, 3.05) is 10.7 Å².